The van der Waals surface area contributed by atoms with E-state index in [0.29, 0.717) is 12.0 Å². The van der Waals surface area contributed by atoms with Crippen molar-refractivity contribution in [3.05, 3.63) is 59.8 Å². The fraction of sp³-hybridized carbons (Fsp3) is 0.423. The molecule has 5 rings (SSSR count). The van der Waals surface area contributed by atoms with Crippen molar-refractivity contribution in [1.29, 1.82) is 0 Å². The van der Waals surface area contributed by atoms with E-state index in [-0.39, 0.29) is 12.1 Å². The van der Waals surface area contributed by atoms with E-state index in [1.807, 2.05) is 18.7 Å². The first kappa shape index (κ1) is 20.1. The second-order valence-electron chi connectivity index (χ2n) is 9.00. The van der Waals surface area contributed by atoms with Gasteiger partial charge in [0.1, 0.15) is 0 Å². The molecular formula is C26H32N4O. The minimum absolute atomic E-state index is 0.0569. The van der Waals surface area contributed by atoms with Crippen molar-refractivity contribution in [2.45, 2.75) is 44.7 Å². The van der Waals surface area contributed by atoms with Crippen molar-refractivity contribution in [2.75, 3.05) is 26.7 Å². The molecule has 2 aromatic carbocycles. The van der Waals surface area contributed by atoms with Crippen molar-refractivity contribution >= 4 is 16.9 Å². The molecule has 5 heteroatoms. The molecular weight excluding hydrogens is 384 g/mol. The number of nitrogens with zero attached hydrogens (tertiary/aromatic N) is 2. The van der Waals surface area contributed by atoms with E-state index in [1.165, 1.54) is 33.2 Å². The predicted molar refractivity (Wildman–Crippen MR) is 126 cm³/mol. The molecule has 1 aliphatic carbocycles. The number of aromatic nitrogens is 1. The summed E-state index contributed by atoms with van der Waals surface area (Å²) in [4.78, 5) is 20.6. The molecule has 2 N–H and O–H groups in total. The number of hydrogen-bond donors (Lipinski definition) is 2. The highest BCUT2D eigenvalue weighted by Crippen LogP contribution is 2.47. The number of carbonyl (C=O) groups is 1. The van der Waals surface area contributed by atoms with Crippen molar-refractivity contribution < 1.29 is 4.79 Å². The normalized spacial score (nSPS) is 22.9. The molecule has 2 aliphatic rings. The van der Waals surface area contributed by atoms with Crippen LogP contribution in [0.3, 0.4) is 0 Å². The smallest absolute Gasteiger partial charge is 0.317 e. The van der Waals surface area contributed by atoms with Crippen molar-refractivity contribution in [3.8, 4) is 11.1 Å². The molecule has 5 nitrogen and oxygen atoms in total. The second-order valence-corrected chi connectivity index (χ2v) is 9.00. The number of fused-ring (bicyclic) bond motifs is 2. The lowest BCUT2D eigenvalue weighted by Gasteiger charge is -2.46. The average molecular weight is 417 g/mol. The molecule has 162 valence electrons. The third-order valence-electron chi connectivity index (χ3n) is 7.31. The summed E-state index contributed by atoms with van der Waals surface area (Å²) < 4.78 is 0. The van der Waals surface area contributed by atoms with Crippen LogP contribution in [-0.4, -0.2) is 59.6 Å². The third kappa shape index (κ3) is 3.41. The molecule has 2 heterocycles. The van der Waals surface area contributed by atoms with Gasteiger partial charge in [0.2, 0.25) is 0 Å². The van der Waals surface area contributed by atoms with Gasteiger partial charge in [0.15, 0.2) is 0 Å². The first-order chi connectivity index (χ1) is 15.1. The lowest BCUT2D eigenvalue weighted by Crippen LogP contribution is -2.56. The molecule has 3 aromatic rings. The standard InChI is InChI=1S/C26H32N4O/c1-4-30(5-2)26(31)28-19-14-21-23(29(3)16-19)13-18-15-27-22-12-11-20(25(21)24(18)22)17-9-7-6-8-10-17/h6-12,15,19,21,23,27H,4-5,13-14,16H2,1-3H3,(H,28,31)/t19-,21-,23+/m0/s1. The Morgan fingerprint density at radius 3 is 2.68 bits per heavy atom. The van der Waals surface area contributed by atoms with E-state index in [9.17, 15) is 4.79 Å². The number of H-pyrrole nitrogens is 1. The van der Waals surface area contributed by atoms with E-state index in [1.54, 1.807) is 0 Å². The van der Waals surface area contributed by atoms with Crippen LogP contribution in [0.25, 0.3) is 22.0 Å². The zero-order valence-corrected chi connectivity index (χ0v) is 18.7. The quantitative estimate of drug-likeness (QED) is 0.653. The molecule has 1 aliphatic heterocycles. The Hall–Kier alpha value is -2.79. The maximum absolute atomic E-state index is 12.8. The van der Waals surface area contributed by atoms with Gasteiger partial charge in [-0.1, -0.05) is 36.4 Å². The van der Waals surface area contributed by atoms with Crippen LogP contribution in [0, 0.1) is 0 Å². The monoisotopic (exact) mass is 416 g/mol. The molecule has 31 heavy (non-hydrogen) atoms. The minimum Gasteiger partial charge on any atom is -0.361 e. The van der Waals surface area contributed by atoms with Gasteiger partial charge in [-0.2, -0.15) is 0 Å². The van der Waals surface area contributed by atoms with Crippen LogP contribution in [-0.2, 0) is 6.42 Å². The number of hydrogen-bond acceptors (Lipinski definition) is 2. The number of benzene rings is 2. The largest absolute Gasteiger partial charge is 0.361 e. The van der Waals surface area contributed by atoms with Gasteiger partial charge in [0.25, 0.3) is 0 Å². The number of aromatic amines is 1. The van der Waals surface area contributed by atoms with Crippen molar-refractivity contribution in [3.63, 3.8) is 0 Å². The number of nitrogens with one attached hydrogen (secondary N) is 2. The topological polar surface area (TPSA) is 51.4 Å². The fourth-order valence-electron chi connectivity index (χ4n) is 5.78. The summed E-state index contributed by atoms with van der Waals surface area (Å²) in [6, 6.07) is 15.9. The highest BCUT2D eigenvalue weighted by Gasteiger charge is 2.41. The highest BCUT2D eigenvalue weighted by molar-refractivity contribution is 5.94. The highest BCUT2D eigenvalue weighted by atomic mass is 16.2. The number of likely N-dealkylation sites (N-methyl/N-ethyl adjacent to an activating group) is 1. The Balaban J connectivity index is 1.55. The van der Waals surface area contributed by atoms with Crippen molar-refractivity contribution in [2.24, 2.45) is 0 Å². The summed E-state index contributed by atoms with van der Waals surface area (Å²) in [5.74, 6) is 0.392. The van der Waals surface area contributed by atoms with E-state index in [2.05, 4.69) is 70.9 Å². The van der Waals surface area contributed by atoms with Crippen LogP contribution in [0.4, 0.5) is 4.79 Å². The summed E-state index contributed by atoms with van der Waals surface area (Å²) in [7, 11) is 2.22. The number of amides is 2. The zero-order chi connectivity index (χ0) is 21.5. The Labute approximate surface area is 184 Å². The summed E-state index contributed by atoms with van der Waals surface area (Å²) in [5, 5.41) is 4.73. The summed E-state index contributed by atoms with van der Waals surface area (Å²) in [5.41, 5.74) is 6.68. The van der Waals surface area contributed by atoms with Gasteiger partial charge in [0, 0.05) is 54.7 Å². The van der Waals surface area contributed by atoms with E-state index < -0.39 is 0 Å². The van der Waals surface area contributed by atoms with Crippen LogP contribution in [0.5, 0.6) is 0 Å². The fourth-order valence-corrected chi connectivity index (χ4v) is 5.78. The first-order valence-electron chi connectivity index (χ1n) is 11.5. The molecule has 1 saturated heterocycles. The second kappa shape index (κ2) is 8.04. The molecule has 1 aromatic heterocycles. The molecule has 0 saturated carbocycles. The lowest BCUT2D eigenvalue weighted by molar-refractivity contribution is 0.124. The molecule has 0 bridgehead atoms. The maximum atomic E-state index is 12.8. The molecule has 1 fully saturated rings. The summed E-state index contributed by atoms with van der Waals surface area (Å²) in [6.07, 6.45) is 4.23. The van der Waals surface area contributed by atoms with Gasteiger partial charge >= 0.3 is 6.03 Å². The van der Waals surface area contributed by atoms with Gasteiger partial charge in [-0.15, -0.1) is 0 Å². The van der Waals surface area contributed by atoms with Gasteiger partial charge in [-0.25, -0.2) is 4.79 Å². The summed E-state index contributed by atoms with van der Waals surface area (Å²) in [6.45, 7) is 6.44. The van der Waals surface area contributed by atoms with Crippen LogP contribution in [0.1, 0.15) is 37.3 Å². The Kier molecular flexibility index (Phi) is 5.22. The SMILES string of the molecule is CCN(CC)C(=O)N[C@H]1C[C@@H]2c3c(-c4ccccc4)ccc4[nH]cc(c34)C[C@H]2N(C)C1. The van der Waals surface area contributed by atoms with Gasteiger partial charge in [-0.05, 0) is 62.1 Å². The Morgan fingerprint density at radius 1 is 1.16 bits per heavy atom. The average Bonchev–Trinajstić information content (AvgIpc) is 3.20. The van der Waals surface area contributed by atoms with Crippen LogP contribution >= 0.6 is 0 Å². The first-order valence-corrected chi connectivity index (χ1v) is 11.5. The van der Waals surface area contributed by atoms with Gasteiger partial charge < -0.3 is 20.1 Å². The van der Waals surface area contributed by atoms with Gasteiger partial charge in [-0.3, -0.25) is 0 Å². The number of piperidine rings is 1. The predicted octanol–water partition coefficient (Wildman–Crippen LogP) is 4.60. The molecule has 0 unspecified atom stereocenters. The Morgan fingerprint density at radius 2 is 1.94 bits per heavy atom. The van der Waals surface area contributed by atoms with E-state index in [0.717, 1.165) is 32.5 Å². The zero-order valence-electron chi connectivity index (χ0n) is 18.7. The minimum atomic E-state index is 0.0569. The van der Waals surface area contributed by atoms with Crippen LogP contribution in [0.15, 0.2) is 48.7 Å². The molecule has 3 atom stereocenters. The number of carbonyl (C=O) groups excluding carboxylic acids is 1. The molecule has 0 radical (unpaired) electrons. The maximum Gasteiger partial charge on any atom is 0.317 e. The van der Waals surface area contributed by atoms with Crippen molar-refractivity contribution in [1.82, 2.24) is 20.1 Å². The number of urea groups is 1. The Bertz CT molecular complexity index is 1090. The number of rotatable bonds is 4. The van der Waals surface area contributed by atoms with Crippen LogP contribution < -0.4 is 5.32 Å². The van der Waals surface area contributed by atoms with E-state index >= 15 is 0 Å². The van der Waals surface area contributed by atoms with E-state index in [4.69, 9.17) is 0 Å². The summed E-state index contributed by atoms with van der Waals surface area (Å²) >= 11 is 0. The molecule has 2 amide bonds. The van der Waals surface area contributed by atoms with Gasteiger partial charge in [0.05, 0.1) is 0 Å². The lowest BCUT2D eigenvalue weighted by atomic mass is 9.71. The number of likely N-dealkylation sites (tertiary alicyclic amines) is 1. The molecule has 0 spiro atoms. The third-order valence-corrected chi connectivity index (χ3v) is 7.31. The van der Waals surface area contributed by atoms with Crippen LogP contribution in [0.2, 0.25) is 0 Å².